The highest BCUT2D eigenvalue weighted by molar-refractivity contribution is 5.76. The first-order valence-corrected chi connectivity index (χ1v) is 7.76. The van der Waals surface area contributed by atoms with Gasteiger partial charge in [0.2, 0.25) is 5.91 Å². The van der Waals surface area contributed by atoms with E-state index in [1.807, 2.05) is 24.3 Å². The number of halogens is 2. The van der Waals surface area contributed by atoms with E-state index in [-0.39, 0.29) is 11.8 Å². The molecular formula is C18H27F2NO. The average Bonchev–Trinajstić information content (AvgIpc) is 2.37. The maximum absolute atomic E-state index is 13.5. The van der Waals surface area contributed by atoms with Gasteiger partial charge < -0.3 is 4.90 Å². The molecule has 0 fully saturated rings. The number of hydrogen-bond acceptors (Lipinski definition) is 1. The van der Waals surface area contributed by atoms with Gasteiger partial charge in [-0.2, -0.15) is 0 Å². The lowest BCUT2D eigenvalue weighted by Crippen LogP contribution is -2.32. The Morgan fingerprint density at radius 1 is 1.14 bits per heavy atom. The molecule has 1 rings (SSSR count). The fourth-order valence-electron chi connectivity index (χ4n) is 2.28. The Balaban J connectivity index is 2.64. The third-order valence-corrected chi connectivity index (χ3v) is 3.69. The Kier molecular flexibility index (Phi) is 6.09. The van der Waals surface area contributed by atoms with Crippen molar-refractivity contribution in [2.75, 3.05) is 7.05 Å². The van der Waals surface area contributed by atoms with Crippen molar-refractivity contribution in [2.24, 2.45) is 0 Å². The van der Waals surface area contributed by atoms with Crippen molar-refractivity contribution in [3.05, 3.63) is 35.4 Å². The summed E-state index contributed by atoms with van der Waals surface area (Å²) in [5, 5.41) is 0. The third-order valence-electron chi connectivity index (χ3n) is 3.69. The van der Waals surface area contributed by atoms with Crippen LogP contribution >= 0.6 is 0 Å². The molecule has 0 heterocycles. The van der Waals surface area contributed by atoms with Crippen LogP contribution in [0.1, 0.15) is 58.1 Å². The van der Waals surface area contributed by atoms with Gasteiger partial charge in [0.15, 0.2) is 0 Å². The fraction of sp³-hybridized carbons (Fsp3) is 0.611. The lowest BCUT2D eigenvalue weighted by atomic mass is 9.87. The van der Waals surface area contributed by atoms with E-state index in [2.05, 4.69) is 20.8 Å². The zero-order valence-electron chi connectivity index (χ0n) is 14.2. The van der Waals surface area contributed by atoms with Crippen LogP contribution in [0.25, 0.3) is 0 Å². The summed E-state index contributed by atoms with van der Waals surface area (Å²) >= 11 is 0. The topological polar surface area (TPSA) is 20.3 Å². The standard InChI is InChI=1S/C18H27F2NO/c1-6-11-18(19,20)12-16(22)21(5)13-14-7-9-15(10-8-14)17(2,3)4/h7-10H,6,11-13H2,1-5H3. The van der Waals surface area contributed by atoms with E-state index in [0.717, 1.165) is 5.56 Å². The second-order valence-corrected chi connectivity index (χ2v) is 6.98. The Labute approximate surface area is 132 Å². The first-order valence-electron chi connectivity index (χ1n) is 7.76. The molecule has 1 aromatic rings. The summed E-state index contributed by atoms with van der Waals surface area (Å²) in [6.07, 6.45) is -0.581. The molecule has 0 radical (unpaired) electrons. The van der Waals surface area contributed by atoms with Crippen molar-refractivity contribution in [1.29, 1.82) is 0 Å². The molecule has 0 N–H and O–H groups in total. The van der Waals surface area contributed by atoms with Crippen molar-refractivity contribution in [3.8, 4) is 0 Å². The van der Waals surface area contributed by atoms with Gasteiger partial charge in [-0.1, -0.05) is 58.4 Å². The highest BCUT2D eigenvalue weighted by Crippen LogP contribution is 2.26. The van der Waals surface area contributed by atoms with Crippen LogP contribution in [0.2, 0.25) is 0 Å². The molecule has 0 atom stereocenters. The molecule has 1 amide bonds. The number of nitrogens with zero attached hydrogens (tertiary/aromatic N) is 1. The number of hydrogen-bond donors (Lipinski definition) is 0. The van der Waals surface area contributed by atoms with Crippen molar-refractivity contribution in [3.63, 3.8) is 0 Å². The van der Waals surface area contributed by atoms with Gasteiger partial charge in [-0.3, -0.25) is 4.79 Å². The number of alkyl halides is 2. The molecule has 0 aromatic heterocycles. The molecule has 1 aromatic carbocycles. The largest absolute Gasteiger partial charge is 0.341 e. The normalized spacial score (nSPS) is 12.3. The number of carbonyl (C=O) groups excluding carboxylic acids is 1. The van der Waals surface area contributed by atoms with Gasteiger partial charge in [0.25, 0.3) is 5.92 Å². The molecular weight excluding hydrogens is 284 g/mol. The zero-order chi connectivity index (χ0) is 17.0. The molecule has 4 heteroatoms. The molecule has 0 aliphatic carbocycles. The molecule has 22 heavy (non-hydrogen) atoms. The SMILES string of the molecule is CCCC(F)(F)CC(=O)N(C)Cc1ccc(C(C)(C)C)cc1. The maximum Gasteiger partial charge on any atom is 0.256 e. The molecule has 0 spiro atoms. The lowest BCUT2D eigenvalue weighted by molar-refractivity contribution is -0.138. The highest BCUT2D eigenvalue weighted by Gasteiger charge is 2.32. The number of rotatable bonds is 6. The summed E-state index contributed by atoms with van der Waals surface area (Å²) in [5.74, 6) is -3.42. The van der Waals surface area contributed by atoms with Gasteiger partial charge in [0, 0.05) is 20.0 Å². The van der Waals surface area contributed by atoms with Crippen LogP contribution in [0.3, 0.4) is 0 Å². The van der Waals surface area contributed by atoms with E-state index < -0.39 is 18.3 Å². The molecule has 124 valence electrons. The van der Waals surface area contributed by atoms with E-state index in [1.165, 1.54) is 10.5 Å². The molecule has 0 saturated carbocycles. The van der Waals surface area contributed by atoms with E-state index >= 15 is 0 Å². The number of carbonyl (C=O) groups is 1. The van der Waals surface area contributed by atoms with Gasteiger partial charge in [-0.05, 0) is 16.5 Å². The van der Waals surface area contributed by atoms with Gasteiger partial charge in [-0.15, -0.1) is 0 Å². The molecule has 0 unspecified atom stereocenters. The van der Waals surface area contributed by atoms with Crippen molar-refractivity contribution >= 4 is 5.91 Å². The van der Waals surface area contributed by atoms with Gasteiger partial charge in [0.05, 0.1) is 6.42 Å². The van der Waals surface area contributed by atoms with E-state index in [9.17, 15) is 13.6 Å². The summed E-state index contributed by atoms with van der Waals surface area (Å²) in [6.45, 7) is 8.44. The quantitative estimate of drug-likeness (QED) is 0.741. The highest BCUT2D eigenvalue weighted by atomic mass is 19.3. The minimum atomic E-state index is -2.91. The molecule has 2 nitrogen and oxygen atoms in total. The van der Waals surface area contributed by atoms with E-state index in [0.29, 0.717) is 13.0 Å². The Morgan fingerprint density at radius 2 is 1.68 bits per heavy atom. The van der Waals surface area contributed by atoms with E-state index in [1.54, 1.807) is 14.0 Å². The van der Waals surface area contributed by atoms with Crippen molar-refractivity contribution < 1.29 is 13.6 Å². The fourth-order valence-corrected chi connectivity index (χ4v) is 2.28. The monoisotopic (exact) mass is 311 g/mol. The van der Waals surface area contributed by atoms with Crippen molar-refractivity contribution in [1.82, 2.24) is 4.90 Å². The molecule has 0 bridgehead atoms. The van der Waals surface area contributed by atoms with Crippen molar-refractivity contribution in [2.45, 2.75) is 64.8 Å². The van der Waals surface area contributed by atoms with Crippen LogP contribution in [-0.2, 0) is 16.8 Å². The summed E-state index contributed by atoms with van der Waals surface area (Å²) in [7, 11) is 1.57. The van der Waals surface area contributed by atoms with E-state index in [4.69, 9.17) is 0 Å². The smallest absolute Gasteiger partial charge is 0.256 e. The first kappa shape index (κ1) is 18.6. The summed E-state index contributed by atoms with van der Waals surface area (Å²) in [6, 6.07) is 7.96. The average molecular weight is 311 g/mol. The summed E-state index contributed by atoms with van der Waals surface area (Å²) in [4.78, 5) is 13.3. The Morgan fingerprint density at radius 3 is 2.14 bits per heavy atom. The Hall–Kier alpha value is -1.45. The van der Waals surface area contributed by atoms with Gasteiger partial charge >= 0.3 is 0 Å². The summed E-state index contributed by atoms with van der Waals surface area (Å²) in [5.41, 5.74) is 2.23. The molecule has 0 saturated heterocycles. The van der Waals surface area contributed by atoms with Crippen LogP contribution in [0.5, 0.6) is 0 Å². The predicted octanol–water partition coefficient (Wildman–Crippen LogP) is 4.77. The Bertz CT molecular complexity index is 489. The van der Waals surface area contributed by atoms with Crippen LogP contribution < -0.4 is 0 Å². The summed E-state index contributed by atoms with van der Waals surface area (Å²) < 4.78 is 27.0. The number of benzene rings is 1. The van der Waals surface area contributed by atoms with Crippen LogP contribution in [-0.4, -0.2) is 23.8 Å². The lowest BCUT2D eigenvalue weighted by Gasteiger charge is -2.22. The second-order valence-electron chi connectivity index (χ2n) is 6.98. The van der Waals surface area contributed by atoms with Crippen LogP contribution in [0.4, 0.5) is 8.78 Å². The minimum absolute atomic E-state index is 0.0719. The number of amides is 1. The van der Waals surface area contributed by atoms with Crippen LogP contribution in [0, 0.1) is 0 Å². The third kappa shape index (κ3) is 5.74. The molecule has 0 aliphatic heterocycles. The predicted molar refractivity (Wildman–Crippen MR) is 86.1 cm³/mol. The second kappa shape index (κ2) is 7.21. The zero-order valence-corrected chi connectivity index (χ0v) is 14.2. The minimum Gasteiger partial charge on any atom is -0.341 e. The van der Waals surface area contributed by atoms with Gasteiger partial charge in [0.1, 0.15) is 0 Å². The maximum atomic E-state index is 13.5. The van der Waals surface area contributed by atoms with Crippen LogP contribution in [0.15, 0.2) is 24.3 Å². The van der Waals surface area contributed by atoms with Gasteiger partial charge in [-0.25, -0.2) is 8.78 Å². The molecule has 0 aliphatic rings. The first-order chi connectivity index (χ1) is 10.0.